The maximum atomic E-state index is 11.1. The van der Waals surface area contributed by atoms with Crippen LogP contribution in [0.5, 0.6) is 0 Å². The third-order valence-electron chi connectivity index (χ3n) is 1.87. The van der Waals surface area contributed by atoms with Gasteiger partial charge in [-0.15, -0.1) is 11.6 Å². The molecular formula is C9H10Cl2O3S. The largest absolute Gasteiger partial charge is 0.386 e. The first-order chi connectivity index (χ1) is 6.82. The van der Waals surface area contributed by atoms with Crippen LogP contribution in [0.4, 0.5) is 0 Å². The maximum absolute atomic E-state index is 11.1. The van der Waals surface area contributed by atoms with Gasteiger partial charge < -0.3 is 5.11 Å². The lowest BCUT2D eigenvalue weighted by Gasteiger charge is -2.15. The van der Waals surface area contributed by atoms with Crippen LogP contribution in [0.1, 0.15) is 11.7 Å². The number of aliphatic hydroxyl groups excluding tert-OH is 1. The van der Waals surface area contributed by atoms with Gasteiger partial charge in [0.1, 0.15) is 6.10 Å². The third-order valence-corrected chi connectivity index (χ3v) is 4.41. The van der Waals surface area contributed by atoms with Crippen LogP contribution in [0.15, 0.2) is 24.3 Å². The Morgan fingerprint density at radius 2 is 1.73 bits per heavy atom. The molecule has 6 heteroatoms. The summed E-state index contributed by atoms with van der Waals surface area (Å²) in [5.74, 6) is 0. The normalized spacial score (nSPS) is 16.0. The van der Waals surface area contributed by atoms with Crippen molar-refractivity contribution in [3.8, 4) is 0 Å². The molecule has 0 aliphatic rings. The zero-order valence-electron chi connectivity index (χ0n) is 7.89. The molecule has 0 radical (unpaired) electrons. The SMILES string of the molecule is CS(=O)(=O)[C@@H](Cl)[C@@H](O)c1ccc(Cl)cc1. The average molecular weight is 269 g/mol. The first-order valence-corrected chi connectivity index (χ1v) is 6.86. The van der Waals surface area contributed by atoms with Crippen molar-refractivity contribution in [3.63, 3.8) is 0 Å². The molecule has 0 fully saturated rings. The lowest BCUT2D eigenvalue weighted by Crippen LogP contribution is -2.21. The van der Waals surface area contributed by atoms with Gasteiger partial charge in [0.15, 0.2) is 14.5 Å². The van der Waals surface area contributed by atoms with Crippen LogP contribution in [0.2, 0.25) is 5.02 Å². The van der Waals surface area contributed by atoms with Crippen LogP contribution in [0.3, 0.4) is 0 Å². The van der Waals surface area contributed by atoms with E-state index in [0.717, 1.165) is 6.26 Å². The predicted octanol–water partition coefficient (Wildman–Crippen LogP) is 1.98. The van der Waals surface area contributed by atoms with Crippen LogP contribution >= 0.6 is 23.2 Å². The highest BCUT2D eigenvalue weighted by molar-refractivity contribution is 7.92. The molecule has 0 aromatic heterocycles. The topological polar surface area (TPSA) is 54.4 Å². The predicted molar refractivity (Wildman–Crippen MR) is 60.9 cm³/mol. The molecule has 0 saturated heterocycles. The Kier molecular flexibility index (Phi) is 4.00. The second-order valence-corrected chi connectivity index (χ2v) is 6.51. The number of hydrogen-bond acceptors (Lipinski definition) is 3. The van der Waals surface area contributed by atoms with Crippen LogP contribution in [0.25, 0.3) is 0 Å². The Labute approximate surface area is 98.6 Å². The molecular weight excluding hydrogens is 259 g/mol. The van der Waals surface area contributed by atoms with E-state index < -0.39 is 20.7 Å². The zero-order chi connectivity index (χ0) is 11.6. The summed E-state index contributed by atoms with van der Waals surface area (Å²) in [6.07, 6.45) is -0.275. The minimum atomic E-state index is -3.48. The van der Waals surface area contributed by atoms with E-state index in [1.165, 1.54) is 12.1 Å². The summed E-state index contributed by atoms with van der Waals surface area (Å²) in [6.45, 7) is 0. The van der Waals surface area contributed by atoms with E-state index in [9.17, 15) is 13.5 Å². The van der Waals surface area contributed by atoms with Gasteiger partial charge in [-0.3, -0.25) is 0 Å². The lowest BCUT2D eigenvalue weighted by molar-refractivity contribution is 0.192. The Balaban J connectivity index is 2.95. The number of hydrogen-bond donors (Lipinski definition) is 1. The van der Waals surface area contributed by atoms with Crippen molar-refractivity contribution in [2.45, 2.75) is 10.8 Å². The molecule has 0 heterocycles. The van der Waals surface area contributed by atoms with Gasteiger partial charge in [0.05, 0.1) is 0 Å². The van der Waals surface area contributed by atoms with E-state index in [4.69, 9.17) is 23.2 Å². The molecule has 3 nitrogen and oxygen atoms in total. The summed E-state index contributed by atoms with van der Waals surface area (Å²) in [5.41, 5.74) is 0.421. The molecule has 0 aliphatic heterocycles. The second-order valence-electron chi connectivity index (χ2n) is 3.18. The zero-order valence-corrected chi connectivity index (χ0v) is 10.2. The number of halogens is 2. The summed E-state index contributed by atoms with van der Waals surface area (Å²) in [7, 11) is -3.48. The molecule has 15 heavy (non-hydrogen) atoms. The molecule has 0 saturated carbocycles. The molecule has 0 aliphatic carbocycles. The highest BCUT2D eigenvalue weighted by atomic mass is 35.5. The van der Waals surface area contributed by atoms with Gasteiger partial charge in [0.2, 0.25) is 0 Å². The van der Waals surface area contributed by atoms with E-state index >= 15 is 0 Å². The van der Waals surface area contributed by atoms with Gasteiger partial charge in [0.25, 0.3) is 0 Å². The molecule has 2 atom stereocenters. The minimum Gasteiger partial charge on any atom is -0.386 e. The van der Waals surface area contributed by atoms with Crippen molar-refractivity contribution in [1.29, 1.82) is 0 Å². The van der Waals surface area contributed by atoms with E-state index in [2.05, 4.69) is 0 Å². The number of alkyl halides is 1. The highest BCUT2D eigenvalue weighted by Crippen LogP contribution is 2.25. The van der Waals surface area contributed by atoms with Gasteiger partial charge >= 0.3 is 0 Å². The van der Waals surface area contributed by atoms with Crippen molar-refractivity contribution in [2.75, 3.05) is 6.26 Å². The summed E-state index contributed by atoms with van der Waals surface area (Å²) < 4.78 is 20.8. The third kappa shape index (κ3) is 3.34. The Morgan fingerprint density at radius 3 is 2.13 bits per heavy atom. The average Bonchev–Trinajstić information content (AvgIpc) is 2.15. The first-order valence-electron chi connectivity index (χ1n) is 4.09. The van der Waals surface area contributed by atoms with Crippen molar-refractivity contribution in [1.82, 2.24) is 0 Å². The molecule has 1 rings (SSSR count). The second kappa shape index (κ2) is 4.70. The quantitative estimate of drug-likeness (QED) is 0.854. The molecule has 1 N–H and O–H groups in total. The molecule has 1 aromatic rings. The molecule has 0 spiro atoms. The van der Waals surface area contributed by atoms with Gasteiger partial charge in [-0.05, 0) is 17.7 Å². The van der Waals surface area contributed by atoms with Crippen molar-refractivity contribution >= 4 is 33.0 Å². The van der Waals surface area contributed by atoms with E-state index in [0.29, 0.717) is 10.6 Å². The van der Waals surface area contributed by atoms with Crippen LogP contribution < -0.4 is 0 Å². The van der Waals surface area contributed by atoms with Crippen molar-refractivity contribution in [2.24, 2.45) is 0 Å². The van der Waals surface area contributed by atoms with Crippen LogP contribution in [-0.2, 0) is 9.84 Å². The Hall–Kier alpha value is -0.290. The molecule has 0 bridgehead atoms. The van der Waals surface area contributed by atoms with E-state index in [1.54, 1.807) is 12.1 Å². The van der Waals surface area contributed by atoms with Gasteiger partial charge in [-0.1, -0.05) is 23.7 Å². The summed E-state index contributed by atoms with van der Waals surface area (Å²) >= 11 is 11.3. The van der Waals surface area contributed by atoms with Crippen LogP contribution in [0, 0.1) is 0 Å². The monoisotopic (exact) mass is 268 g/mol. The van der Waals surface area contributed by atoms with Gasteiger partial charge in [-0.2, -0.15) is 0 Å². The number of benzene rings is 1. The van der Waals surface area contributed by atoms with Gasteiger partial charge in [0, 0.05) is 11.3 Å². The smallest absolute Gasteiger partial charge is 0.167 e. The Bertz CT molecular complexity index is 427. The van der Waals surface area contributed by atoms with E-state index in [-0.39, 0.29) is 0 Å². The number of aliphatic hydroxyl groups is 1. The summed E-state index contributed by atoms with van der Waals surface area (Å²) in [4.78, 5) is 0. The highest BCUT2D eigenvalue weighted by Gasteiger charge is 2.27. The number of sulfone groups is 1. The summed E-state index contributed by atoms with van der Waals surface area (Å²) in [6, 6.07) is 6.19. The minimum absolute atomic E-state index is 0.421. The van der Waals surface area contributed by atoms with Crippen LogP contribution in [-0.4, -0.2) is 24.5 Å². The van der Waals surface area contributed by atoms with Crippen molar-refractivity contribution < 1.29 is 13.5 Å². The lowest BCUT2D eigenvalue weighted by atomic mass is 10.1. The van der Waals surface area contributed by atoms with Gasteiger partial charge in [-0.25, -0.2) is 8.42 Å². The fourth-order valence-electron chi connectivity index (χ4n) is 1.05. The molecule has 0 unspecified atom stereocenters. The summed E-state index contributed by atoms with van der Waals surface area (Å²) in [5, 5.41) is 10.2. The number of rotatable bonds is 3. The van der Waals surface area contributed by atoms with Crippen molar-refractivity contribution in [3.05, 3.63) is 34.9 Å². The standard InChI is InChI=1S/C9H10Cl2O3S/c1-15(13,14)9(11)8(12)6-2-4-7(10)5-3-6/h2-5,8-9,12H,1H3/t8-,9+/m0/s1. The first kappa shape index (κ1) is 12.8. The van der Waals surface area contributed by atoms with E-state index in [1.807, 2.05) is 0 Å². The maximum Gasteiger partial charge on any atom is 0.167 e. The fraction of sp³-hybridized carbons (Fsp3) is 0.333. The fourth-order valence-corrected chi connectivity index (χ4v) is 1.94. The molecule has 0 amide bonds. The molecule has 1 aromatic carbocycles. The Morgan fingerprint density at radius 1 is 1.27 bits per heavy atom. The molecule has 84 valence electrons.